The van der Waals surface area contributed by atoms with Gasteiger partial charge >= 0.3 is 12.2 Å². The van der Waals surface area contributed by atoms with E-state index in [1.54, 1.807) is 39.9 Å². The van der Waals surface area contributed by atoms with Crippen molar-refractivity contribution in [3.8, 4) is 5.75 Å². The van der Waals surface area contributed by atoms with Crippen molar-refractivity contribution in [2.45, 2.75) is 126 Å². The molecule has 3 aliphatic heterocycles. The number of methoxy groups -OCH3 is 2. The number of ether oxygens (including phenoxy) is 4. The number of carbonyl (C=O) groups excluding carboxylic acids is 5. The number of hydrogen-bond donors (Lipinski definition) is 3. The molecule has 3 N–H and O–H groups in total. The molecular formula is C39H55N5O11S. The second kappa shape index (κ2) is 16.6. The molecular weight excluding hydrogens is 747 g/mol. The Morgan fingerprint density at radius 1 is 1.05 bits per heavy atom. The Kier molecular flexibility index (Phi) is 12.2. The molecule has 308 valence electrons. The van der Waals surface area contributed by atoms with Crippen LogP contribution in [0.1, 0.15) is 95.7 Å². The van der Waals surface area contributed by atoms with Crippen molar-refractivity contribution in [1.82, 2.24) is 25.2 Å². The maximum Gasteiger partial charge on any atom is 0.410 e. The van der Waals surface area contributed by atoms with E-state index in [0.717, 1.165) is 24.0 Å². The topological polar surface area (TPSA) is 199 Å². The van der Waals surface area contributed by atoms with Crippen molar-refractivity contribution < 1.29 is 51.3 Å². The quantitative estimate of drug-likeness (QED) is 0.326. The van der Waals surface area contributed by atoms with Crippen LogP contribution in [0.4, 0.5) is 9.59 Å². The molecule has 17 heteroatoms. The number of carbonyl (C=O) groups is 5. The monoisotopic (exact) mass is 801 g/mol. The molecule has 16 nitrogen and oxygen atoms in total. The number of hydrogen-bond acceptors (Lipinski definition) is 11. The molecule has 0 aromatic heterocycles. The first kappa shape index (κ1) is 41.3. The van der Waals surface area contributed by atoms with E-state index in [4.69, 9.17) is 18.9 Å². The molecule has 1 saturated heterocycles. The van der Waals surface area contributed by atoms with Gasteiger partial charge in [0, 0.05) is 26.0 Å². The van der Waals surface area contributed by atoms with Crippen molar-refractivity contribution in [3.05, 3.63) is 41.5 Å². The second-order valence-electron chi connectivity index (χ2n) is 16.4. The lowest BCUT2D eigenvalue weighted by Crippen LogP contribution is -2.58. The minimum absolute atomic E-state index is 0.0996. The molecule has 0 radical (unpaired) electrons. The Morgan fingerprint density at radius 3 is 2.52 bits per heavy atom. The first-order valence-electron chi connectivity index (χ1n) is 19.5. The van der Waals surface area contributed by atoms with Crippen molar-refractivity contribution in [3.63, 3.8) is 0 Å². The Bertz CT molecular complexity index is 1830. The van der Waals surface area contributed by atoms with E-state index in [2.05, 4.69) is 15.4 Å². The van der Waals surface area contributed by atoms with Gasteiger partial charge in [0.2, 0.25) is 21.8 Å². The number of amides is 5. The second-order valence-corrected chi connectivity index (χ2v) is 18.4. The van der Waals surface area contributed by atoms with E-state index in [9.17, 15) is 32.4 Å². The first-order valence-corrected chi connectivity index (χ1v) is 21.1. The Balaban J connectivity index is 1.27. The minimum Gasteiger partial charge on any atom is -0.497 e. The van der Waals surface area contributed by atoms with Crippen LogP contribution in [0.25, 0.3) is 0 Å². The average molecular weight is 802 g/mol. The van der Waals surface area contributed by atoms with Crippen LogP contribution in [-0.4, -0.2) is 117 Å². The number of nitrogens with zero attached hydrogens (tertiary/aromatic N) is 2. The summed E-state index contributed by atoms with van der Waals surface area (Å²) in [7, 11) is -0.787. The number of rotatable bonds is 8. The van der Waals surface area contributed by atoms with E-state index in [1.165, 1.54) is 4.90 Å². The summed E-state index contributed by atoms with van der Waals surface area (Å²) in [4.78, 5) is 72.4. The van der Waals surface area contributed by atoms with Gasteiger partial charge in [-0.2, -0.15) is 0 Å². The molecule has 1 aromatic rings. The average Bonchev–Trinajstić information content (AvgIpc) is 4.06. The molecule has 5 aliphatic rings. The molecule has 1 unspecified atom stereocenters. The number of benzene rings is 1. The highest BCUT2D eigenvalue weighted by atomic mass is 32.2. The zero-order chi connectivity index (χ0) is 40.4. The zero-order valence-electron chi connectivity index (χ0n) is 32.8. The molecule has 0 bridgehead atoms. The number of allylic oxidation sites excluding steroid dienone is 1. The summed E-state index contributed by atoms with van der Waals surface area (Å²) < 4.78 is 50.3. The van der Waals surface area contributed by atoms with Crippen LogP contribution in [0.15, 0.2) is 30.4 Å². The highest BCUT2D eigenvalue weighted by molar-refractivity contribution is 7.91. The summed E-state index contributed by atoms with van der Waals surface area (Å²) in [5.74, 6) is -1.86. The van der Waals surface area contributed by atoms with Gasteiger partial charge in [0.25, 0.3) is 5.91 Å². The highest BCUT2D eigenvalue weighted by Gasteiger charge is 2.62. The fourth-order valence-electron chi connectivity index (χ4n) is 7.88. The van der Waals surface area contributed by atoms with Gasteiger partial charge in [0.05, 0.1) is 31.6 Å². The summed E-state index contributed by atoms with van der Waals surface area (Å²) in [5, 5.41) is 4.88. The van der Waals surface area contributed by atoms with Gasteiger partial charge in [-0.1, -0.05) is 31.1 Å². The Hall–Kier alpha value is -4.38. The summed E-state index contributed by atoms with van der Waals surface area (Å²) in [6.45, 7) is 5.48. The normalized spacial score (nSPS) is 28.9. The predicted octanol–water partition coefficient (Wildman–Crippen LogP) is 3.24. The Morgan fingerprint density at radius 2 is 1.82 bits per heavy atom. The van der Waals surface area contributed by atoms with E-state index in [0.29, 0.717) is 44.4 Å². The van der Waals surface area contributed by atoms with Gasteiger partial charge in [-0.25, -0.2) is 18.0 Å². The molecule has 5 amide bonds. The van der Waals surface area contributed by atoms with Crippen LogP contribution in [0, 0.1) is 5.92 Å². The molecule has 1 aromatic carbocycles. The molecule has 2 saturated carbocycles. The van der Waals surface area contributed by atoms with Gasteiger partial charge < -0.3 is 34.5 Å². The highest BCUT2D eigenvalue weighted by Crippen LogP contribution is 2.46. The third kappa shape index (κ3) is 9.41. The summed E-state index contributed by atoms with van der Waals surface area (Å²) in [6, 6.07) is 2.90. The molecule has 2 aliphatic carbocycles. The molecule has 3 fully saturated rings. The molecule has 0 spiro atoms. The van der Waals surface area contributed by atoms with Gasteiger partial charge in [-0.05, 0) is 89.0 Å². The van der Waals surface area contributed by atoms with E-state index >= 15 is 0 Å². The first-order chi connectivity index (χ1) is 26.5. The maximum absolute atomic E-state index is 14.5. The number of nitrogens with one attached hydrogen (secondary N) is 3. The fourth-order valence-corrected chi connectivity index (χ4v) is 9.24. The number of alkyl carbamates (subject to hydrolysis) is 1. The molecule has 3 heterocycles. The molecule has 6 atom stereocenters. The van der Waals surface area contributed by atoms with Gasteiger partial charge in [0.15, 0.2) is 0 Å². The SMILES string of the molecule is COCC1c2ccc(OC)cc2CCN1C(=O)O[C@@H]1C[C@H]2C(=O)N[C@]3(C(=O)NS(=O)(=O)C4CC4)C[C@@H]3/C=C\CCCCC[C@H](NC(=O)OC(C)(C)C)C(=O)N2C1. The van der Waals surface area contributed by atoms with Crippen molar-refractivity contribution >= 4 is 39.9 Å². The van der Waals surface area contributed by atoms with Gasteiger partial charge in [-0.3, -0.25) is 24.0 Å². The molecule has 6 rings (SSSR count). The van der Waals surface area contributed by atoms with E-state index in [-0.39, 0.29) is 32.4 Å². The number of fused-ring (bicyclic) bond motifs is 3. The van der Waals surface area contributed by atoms with Gasteiger partial charge in [0.1, 0.15) is 35.1 Å². The zero-order valence-corrected chi connectivity index (χ0v) is 33.7. The fraction of sp³-hybridized carbons (Fsp3) is 0.667. The lowest BCUT2D eigenvalue weighted by molar-refractivity contribution is -0.141. The standard InChI is InChI=1S/C39H55N5O11S/c1-38(2,3)55-36(48)40-30-12-10-8-6-7-9-11-25-21-39(25,35(47)42-56(50,51)28-14-15-28)41-33(45)31-20-27(22-44(31)34(30)46)54-37(49)43-18-17-24-19-26(53-5)13-16-29(24)32(43)23-52-4/h9,11,13,16,19,25,27-28,30-32H,6-8,10,12,14-15,17-18,20-23H2,1-5H3,(H,40,48)(H,41,45)(H,42,47)/b11-9-/t25-,27+,30-,31-,32?,39+/m0/s1. The van der Waals surface area contributed by atoms with Crippen molar-refractivity contribution in [2.75, 3.05) is 33.9 Å². The predicted molar refractivity (Wildman–Crippen MR) is 203 cm³/mol. The van der Waals surface area contributed by atoms with Crippen LogP contribution in [0.2, 0.25) is 0 Å². The van der Waals surface area contributed by atoms with Crippen molar-refractivity contribution in [1.29, 1.82) is 0 Å². The van der Waals surface area contributed by atoms with Crippen LogP contribution >= 0.6 is 0 Å². The summed E-state index contributed by atoms with van der Waals surface area (Å²) in [6.07, 6.45) is 5.92. The molecule has 56 heavy (non-hydrogen) atoms. The Labute approximate surface area is 328 Å². The van der Waals surface area contributed by atoms with Gasteiger partial charge in [-0.15, -0.1) is 0 Å². The van der Waals surface area contributed by atoms with Crippen LogP contribution < -0.4 is 20.1 Å². The summed E-state index contributed by atoms with van der Waals surface area (Å²) in [5.41, 5.74) is -0.478. The van der Waals surface area contributed by atoms with Crippen LogP contribution in [0.5, 0.6) is 5.75 Å². The van der Waals surface area contributed by atoms with Crippen LogP contribution in [-0.2, 0) is 45.0 Å². The lowest BCUT2D eigenvalue weighted by atomic mass is 9.93. The third-order valence-corrected chi connectivity index (χ3v) is 12.9. The minimum atomic E-state index is -3.92. The smallest absolute Gasteiger partial charge is 0.410 e. The lowest BCUT2D eigenvalue weighted by Gasteiger charge is -2.37. The van der Waals surface area contributed by atoms with Crippen LogP contribution in [0.3, 0.4) is 0 Å². The third-order valence-electron chi connectivity index (χ3n) is 11.1. The largest absolute Gasteiger partial charge is 0.497 e. The van der Waals surface area contributed by atoms with E-state index < -0.39 is 86.5 Å². The number of sulfonamides is 1. The van der Waals surface area contributed by atoms with E-state index in [1.807, 2.05) is 30.4 Å². The maximum atomic E-state index is 14.5. The summed E-state index contributed by atoms with van der Waals surface area (Å²) >= 11 is 0. The van der Waals surface area contributed by atoms with Crippen molar-refractivity contribution in [2.24, 2.45) is 5.92 Å².